The van der Waals surface area contributed by atoms with E-state index in [1.165, 1.54) is 190 Å². The van der Waals surface area contributed by atoms with Crippen molar-refractivity contribution in [3.8, 4) is 0 Å². The summed E-state index contributed by atoms with van der Waals surface area (Å²) in [7, 11) is -2.60. The van der Waals surface area contributed by atoms with Crippen LogP contribution in [0.15, 0.2) is 60.7 Å². The van der Waals surface area contributed by atoms with Crippen molar-refractivity contribution in [3.05, 3.63) is 60.7 Å². The Morgan fingerprint density at radius 3 is 1.19 bits per heavy atom. The summed E-state index contributed by atoms with van der Waals surface area (Å²) in [6.07, 6.45) is 49.6. The van der Waals surface area contributed by atoms with Gasteiger partial charge in [-0.1, -0.05) is 287 Å². The molecule has 428 valence electrons. The van der Waals surface area contributed by atoms with Gasteiger partial charge in [-0.25, -0.2) is 0 Å². The Labute approximate surface area is 462 Å². The number of unbranched alkanes of at least 4 members (excludes halogenated alkanes) is 4. The van der Waals surface area contributed by atoms with Gasteiger partial charge in [0.05, 0.1) is 33.0 Å². The van der Waals surface area contributed by atoms with E-state index in [0.29, 0.717) is 63.8 Å². The van der Waals surface area contributed by atoms with Crippen LogP contribution in [0.1, 0.15) is 278 Å². The van der Waals surface area contributed by atoms with Crippen molar-refractivity contribution in [1.29, 1.82) is 0 Å². The maximum absolute atomic E-state index is 12.9. The predicted molar refractivity (Wildman–Crippen MR) is 320 cm³/mol. The highest BCUT2D eigenvalue weighted by Crippen LogP contribution is 2.37. The topological polar surface area (TPSA) is 83.1 Å². The van der Waals surface area contributed by atoms with E-state index in [4.69, 9.17) is 18.6 Å². The summed E-state index contributed by atoms with van der Waals surface area (Å²) in [5.41, 5.74) is 0. The number of ether oxygens (including phenoxy) is 3. The highest BCUT2D eigenvalue weighted by atomic mass is 28.4. The molecule has 2 aliphatic rings. The third-order valence-corrected chi connectivity index (χ3v) is 22.1. The molecule has 8 heteroatoms. The number of hydrogen-bond donors (Lipinski definition) is 1. The second-order valence-electron chi connectivity index (χ2n) is 24.4. The SMILES string of the molecule is CC(C)(C)[Si](OCCOCCNC(CCCCCOC(=O)CCC1CCCCCCCCCCCCCC1)CCCCCOC(=O)CCC1CCCCCCCCCCCCCC1)(c1ccccc1)c1ccccc1. The fourth-order valence-corrected chi connectivity index (χ4v) is 17.0. The van der Waals surface area contributed by atoms with Gasteiger partial charge in [-0.3, -0.25) is 9.59 Å². The Morgan fingerprint density at radius 1 is 0.467 bits per heavy atom. The highest BCUT2D eigenvalue weighted by Gasteiger charge is 2.50. The average Bonchev–Trinajstić information content (AvgIpc) is 3.43. The molecule has 0 saturated heterocycles. The standard InChI is InChI=1S/C67H115NO6Si/c1-67(2,3)75(63-46-34-24-35-47-63,64-48-36-25-37-49-64)74-59-58-71-57-54-68-62(44-32-26-38-55-72-65(69)52-50-60-40-28-20-16-12-8-4-5-9-13-17-21-29-41-60)45-33-27-39-56-73-66(70)53-51-61-42-30-22-18-14-10-6-7-11-15-19-23-31-43-61/h24-25,34-37,46-49,60-62,68H,4-23,26-33,38-45,50-59H2,1-3H3. The zero-order valence-corrected chi connectivity index (χ0v) is 50.0. The van der Waals surface area contributed by atoms with Gasteiger partial charge >= 0.3 is 11.9 Å². The van der Waals surface area contributed by atoms with E-state index < -0.39 is 8.32 Å². The van der Waals surface area contributed by atoms with Gasteiger partial charge < -0.3 is 24.0 Å². The van der Waals surface area contributed by atoms with Crippen LogP contribution in [-0.4, -0.2) is 65.9 Å². The van der Waals surface area contributed by atoms with Gasteiger partial charge in [-0.2, -0.15) is 0 Å². The van der Waals surface area contributed by atoms with Crippen LogP contribution >= 0.6 is 0 Å². The molecule has 0 spiro atoms. The van der Waals surface area contributed by atoms with Crippen molar-refractivity contribution < 1.29 is 28.2 Å². The first-order valence-corrected chi connectivity index (χ1v) is 34.1. The lowest BCUT2D eigenvalue weighted by Gasteiger charge is -2.43. The Balaban J connectivity index is 1.17. The Morgan fingerprint density at radius 2 is 0.827 bits per heavy atom. The molecule has 2 saturated carbocycles. The van der Waals surface area contributed by atoms with E-state index in [9.17, 15) is 9.59 Å². The van der Waals surface area contributed by atoms with Crippen LogP contribution in [0.2, 0.25) is 5.04 Å². The molecule has 0 radical (unpaired) electrons. The maximum Gasteiger partial charge on any atom is 0.305 e. The molecular weight excluding hydrogens is 943 g/mol. The van der Waals surface area contributed by atoms with Gasteiger partial charge in [0.1, 0.15) is 0 Å². The first-order chi connectivity index (χ1) is 36.8. The van der Waals surface area contributed by atoms with Crippen molar-refractivity contribution in [2.45, 2.75) is 289 Å². The summed E-state index contributed by atoms with van der Waals surface area (Å²) in [6, 6.07) is 22.1. The van der Waals surface area contributed by atoms with Crippen molar-refractivity contribution in [3.63, 3.8) is 0 Å². The van der Waals surface area contributed by atoms with Crippen LogP contribution in [0, 0.1) is 11.8 Å². The molecule has 0 aromatic heterocycles. The number of hydrogen-bond acceptors (Lipinski definition) is 7. The van der Waals surface area contributed by atoms with E-state index in [2.05, 4.69) is 86.8 Å². The van der Waals surface area contributed by atoms with Crippen LogP contribution < -0.4 is 15.7 Å². The lowest BCUT2D eigenvalue weighted by molar-refractivity contribution is -0.145. The van der Waals surface area contributed by atoms with Gasteiger partial charge in [0, 0.05) is 25.4 Å². The minimum Gasteiger partial charge on any atom is -0.466 e. The molecule has 7 nitrogen and oxygen atoms in total. The van der Waals surface area contributed by atoms with E-state index >= 15 is 0 Å². The van der Waals surface area contributed by atoms with Crippen molar-refractivity contribution in [1.82, 2.24) is 5.32 Å². The van der Waals surface area contributed by atoms with Crippen LogP contribution in [0.4, 0.5) is 0 Å². The summed E-state index contributed by atoms with van der Waals surface area (Å²) in [4.78, 5) is 25.8. The van der Waals surface area contributed by atoms with Gasteiger partial charge in [-0.05, 0) is 65.8 Å². The second kappa shape index (κ2) is 42.4. The lowest BCUT2D eigenvalue weighted by atomic mass is 9.90. The zero-order valence-electron chi connectivity index (χ0n) is 49.0. The van der Waals surface area contributed by atoms with Crippen molar-refractivity contribution in [2.24, 2.45) is 11.8 Å². The summed E-state index contributed by atoms with van der Waals surface area (Å²) >= 11 is 0. The molecule has 0 bridgehead atoms. The van der Waals surface area contributed by atoms with Crippen LogP contribution in [0.5, 0.6) is 0 Å². The first-order valence-electron chi connectivity index (χ1n) is 32.2. The van der Waals surface area contributed by atoms with Crippen molar-refractivity contribution in [2.75, 3.05) is 39.6 Å². The number of benzene rings is 2. The molecule has 1 N–H and O–H groups in total. The Bertz CT molecular complexity index is 1520. The molecule has 2 aliphatic carbocycles. The van der Waals surface area contributed by atoms with Gasteiger partial charge in [0.15, 0.2) is 0 Å². The summed E-state index contributed by atoms with van der Waals surface area (Å²) in [5, 5.41) is 6.37. The average molecular weight is 1060 g/mol. The molecule has 0 heterocycles. The first kappa shape index (κ1) is 65.0. The fourth-order valence-electron chi connectivity index (χ4n) is 12.4. The Kier molecular flexibility index (Phi) is 36.8. The molecule has 2 fully saturated rings. The van der Waals surface area contributed by atoms with Gasteiger partial charge in [0.2, 0.25) is 0 Å². The fraction of sp³-hybridized carbons (Fsp3) is 0.791. The molecular formula is C67H115NO6Si. The quantitative estimate of drug-likeness (QED) is 0.0516. The molecule has 0 atom stereocenters. The predicted octanol–water partition coefficient (Wildman–Crippen LogP) is 17.5. The minimum atomic E-state index is -2.60. The number of rotatable bonds is 28. The van der Waals surface area contributed by atoms with E-state index in [1.54, 1.807) is 0 Å². The molecule has 75 heavy (non-hydrogen) atoms. The van der Waals surface area contributed by atoms with Crippen LogP contribution in [0.25, 0.3) is 0 Å². The second-order valence-corrected chi connectivity index (χ2v) is 28.7. The summed E-state index contributed by atoms with van der Waals surface area (Å²) in [6.45, 7) is 10.5. The molecule has 2 aromatic rings. The number of carbonyl (C=O) groups is 2. The third kappa shape index (κ3) is 29.9. The summed E-state index contributed by atoms with van der Waals surface area (Å²) < 4.78 is 25.0. The van der Waals surface area contributed by atoms with Gasteiger partial charge in [0.25, 0.3) is 8.32 Å². The molecule has 2 aromatic carbocycles. The van der Waals surface area contributed by atoms with Gasteiger partial charge in [-0.15, -0.1) is 0 Å². The monoisotopic (exact) mass is 1060 g/mol. The normalized spacial score (nSPS) is 17.8. The van der Waals surface area contributed by atoms with E-state index in [-0.39, 0.29) is 17.0 Å². The van der Waals surface area contributed by atoms with Crippen LogP contribution in [-0.2, 0) is 28.2 Å². The molecule has 0 aliphatic heterocycles. The molecule has 0 amide bonds. The number of carbonyl (C=O) groups excluding carboxylic acids is 2. The largest absolute Gasteiger partial charge is 0.466 e. The van der Waals surface area contributed by atoms with Crippen molar-refractivity contribution >= 4 is 30.6 Å². The number of esters is 2. The molecule has 4 rings (SSSR count). The summed E-state index contributed by atoms with van der Waals surface area (Å²) in [5.74, 6) is 1.34. The zero-order chi connectivity index (χ0) is 53.2. The highest BCUT2D eigenvalue weighted by molar-refractivity contribution is 6.99. The minimum absolute atomic E-state index is 0.000316. The van der Waals surface area contributed by atoms with E-state index in [0.717, 1.165) is 70.8 Å². The van der Waals surface area contributed by atoms with E-state index in [1.807, 2.05) is 0 Å². The smallest absolute Gasteiger partial charge is 0.305 e. The molecule has 0 unspecified atom stereocenters. The maximum atomic E-state index is 12.9. The lowest BCUT2D eigenvalue weighted by Crippen LogP contribution is -2.66. The Hall–Kier alpha value is -2.52. The van der Waals surface area contributed by atoms with Crippen LogP contribution in [0.3, 0.4) is 0 Å². The number of nitrogens with one attached hydrogen (secondary N) is 1. The third-order valence-electron chi connectivity index (χ3n) is 17.0.